The van der Waals surface area contributed by atoms with Gasteiger partial charge in [0.15, 0.2) is 0 Å². The maximum Gasteiger partial charge on any atom is 0.356 e. The topological polar surface area (TPSA) is 81.0 Å². The SMILES string of the molecule is CC(C)(C)OC(=O)c1cnc(CN)[nH]1. The summed E-state index contributed by atoms with van der Waals surface area (Å²) in [5, 5.41) is 0. The Morgan fingerprint density at radius 2 is 2.29 bits per heavy atom. The number of nitrogens with zero attached hydrogens (tertiary/aromatic N) is 1. The van der Waals surface area contributed by atoms with Crippen molar-refractivity contribution in [1.82, 2.24) is 9.97 Å². The first kappa shape index (κ1) is 10.7. The lowest BCUT2D eigenvalue weighted by atomic mass is 10.2. The van der Waals surface area contributed by atoms with Crippen molar-refractivity contribution in [2.24, 2.45) is 5.73 Å². The van der Waals surface area contributed by atoms with Gasteiger partial charge in [-0.05, 0) is 20.8 Å². The molecule has 1 rings (SSSR count). The van der Waals surface area contributed by atoms with Gasteiger partial charge in [0.05, 0.1) is 12.7 Å². The fourth-order valence-electron chi connectivity index (χ4n) is 0.903. The third kappa shape index (κ3) is 2.85. The second kappa shape index (κ2) is 3.79. The highest BCUT2D eigenvalue weighted by molar-refractivity contribution is 5.87. The van der Waals surface area contributed by atoms with Crippen molar-refractivity contribution in [1.29, 1.82) is 0 Å². The normalized spacial score (nSPS) is 11.4. The lowest BCUT2D eigenvalue weighted by Crippen LogP contribution is -2.24. The Hall–Kier alpha value is -1.36. The van der Waals surface area contributed by atoms with E-state index in [9.17, 15) is 4.79 Å². The molecule has 0 fully saturated rings. The first-order valence-corrected chi connectivity index (χ1v) is 4.39. The van der Waals surface area contributed by atoms with Crippen LogP contribution in [0.25, 0.3) is 0 Å². The molecule has 0 amide bonds. The molecule has 0 aliphatic carbocycles. The summed E-state index contributed by atoms with van der Waals surface area (Å²) in [6, 6.07) is 0. The van der Waals surface area contributed by atoms with Gasteiger partial charge in [-0.1, -0.05) is 0 Å². The van der Waals surface area contributed by atoms with Gasteiger partial charge in [0.25, 0.3) is 0 Å². The number of nitrogens with one attached hydrogen (secondary N) is 1. The van der Waals surface area contributed by atoms with Crippen LogP contribution in [0.3, 0.4) is 0 Å². The van der Waals surface area contributed by atoms with E-state index in [2.05, 4.69) is 9.97 Å². The predicted octanol–water partition coefficient (Wildman–Crippen LogP) is 0.824. The van der Waals surface area contributed by atoms with Crippen molar-refractivity contribution in [3.05, 3.63) is 17.7 Å². The number of carbonyl (C=O) groups is 1. The van der Waals surface area contributed by atoms with Gasteiger partial charge in [-0.3, -0.25) is 0 Å². The first-order valence-electron chi connectivity index (χ1n) is 4.39. The number of ether oxygens (including phenoxy) is 1. The van der Waals surface area contributed by atoms with Gasteiger partial charge < -0.3 is 15.5 Å². The monoisotopic (exact) mass is 197 g/mol. The molecule has 0 aliphatic heterocycles. The largest absolute Gasteiger partial charge is 0.455 e. The minimum Gasteiger partial charge on any atom is -0.455 e. The fourth-order valence-corrected chi connectivity index (χ4v) is 0.903. The number of hydrogen-bond donors (Lipinski definition) is 2. The van der Waals surface area contributed by atoms with Crippen LogP contribution in [0.4, 0.5) is 0 Å². The van der Waals surface area contributed by atoms with Crippen LogP contribution in [0.2, 0.25) is 0 Å². The van der Waals surface area contributed by atoms with Gasteiger partial charge in [0, 0.05) is 0 Å². The Morgan fingerprint density at radius 1 is 1.64 bits per heavy atom. The summed E-state index contributed by atoms with van der Waals surface area (Å²) in [4.78, 5) is 18.1. The molecular formula is C9H15N3O2. The van der Waals surface area contributed by atoms with E-state index in [1.807, 2.05) is 20.8 Å². The number of rotatable bonds is 2. The van der Waals surface area contributed by atoms with Crippen LogP contribution in [-0.4, -0.2) is 21.5 Å². The lowest BCUT2D eigenvalue weighted by molar-refractivity contribution is 0.00633. The average Bonchev–Trinajstić information content (AvgIpc) is 2.48. The number of imidazole rings is 1. The van der Waals surface area contributed by atoms with E-state index in [0.29, 0.717) is 11.5 Å². The van der Waals surface area contributed by atoms with Crippen LogP contribution >= 0.6 is 0 Å². The summed E-state index contributed by atoms with van der Waals surface area (Å²) in [5.41, 5.74) is 5.18. The summed E-state index contributed by atoms with van der Waals surface area (Å²) in [7, 11) is 0. The summed E-state index contributed by atoms with van der Waals surface area (Å²) in [5.74, 6) is 0.163. The van der Waals surface area contributed by atoms with Crippen molar-refractivity contribution in [2.75, 3.05) is 0 Å². The van der Waals surface area contributed by atoms with E-state index in [4.69, 9.17) is 10.5 Å². The highest BCUT2D eigenvalue weighted by Gasteiger charge is 2.19. The summed E-state index contributed by atoms with van der Waals surface area (Å²) >= 11 is 0. The highest BCUT2D eigenvalue weighted by atomic mass is 16.6. The second-order valence-electron chi connectivity index (χ2n) is 3.95. The van der Waals surface area contributed by atoms with Gasteiger partial charge in [-0.15, -0.1) is 0 Å². The van der Waals surface area contributed by atoms with Gasteiger partial charge in [-0.25, -0.2) is 9.78 Å². The van der Waals surface area contributed by atoms with E-state index in [-0.39, 0.29) is 6.54 Å². The highest BCUT2D eigenvalue weighted by Crippen LogP contribution is 2.10. The molecule has 0 aromatic carbocycles. The van der Waals surface area contributed by atoms with Gasteiger partial charge in [0.2, 0.25) is 0 Å². The number of aromatic nitrogens is 2. The molecule has 1 aromatic rings. The third-order valence-electron chi connectivity index (χ3n) is 1.44. The van der Waals surface area contributed by atoms with Crippen LogP contribution in [-0.2, 0) is 11.3 Å². The smallest absolute Gasteiger partial charge is 0.356 e. The van der Waals surface area contributed by atoms with Crippen LogP contribution in [0.1, 0.15) is 37.1 Å². The Kier molecular flexibility index (Phi) is 2.90. The number of nitrogens with two attached hydrogens (primary N) is 1. The van der Waals surface area contributed by atoms with Crippen molar-refractivity contribution in [2.45, 2.75) is 32.9 Å². The van der Waals surface area contributed by atoms with Crippen LogP contribution in [0, 0.1) is 0 Å². The molecule has 0 atom stereocenters. The summed E-state index contributed by atoms with van der Waals surface area (Å²) in [6.07, 6.45) is 1.43. The number of aromatic amines is 1. The third-order valence-corrected chi connectivity index (χ3v) is 1.44. The zero-order chi connectivity index (χ0) is 10.8. The average molecular weight is 197 g/mol. The van der Waals surface area contributed by atoms with E-state index in [0.717, 1.165) is 0 Å². The molecule has 0 aliphatic rings. The number of hydrogen-bond acceptors (Lipinski definition) is 4. The molecule has 5 heteroatoms. The molecule has 3 N–H and O–H groups in total. The van der Waals surface area contributed by atoms with E-state index < -0.39 is 11.6 Å². The van der Waals surface area contributed by atoms with E-state index in [1.165, 1.54) is 6.20 Å². The fraction of sp³-hybridized carbons (Fsp3) is 0.556. The minimum absolute atomic E-state index is 0.281. The molecule has 0 saturated heterocycles. The van der Waals surface area contributed by atoms with Crippen molar-refractivity contribution < 1.29 is 9.53 Å². The quantitative estimate of drug-likeness (QED) is 0.688. The van der Waals surface area contributed by atoms with E-state index >= 15 is 0 Å². The zero-order valence-corrected chi connectivity index (χ0v) is 8.63. The maximum atomic E-state index is 11.5. The van der Waals surface area contributed by atoms with Gasteiger partial charge >= 0.3 is 5.97 Å². The molecule has 1 aromatic heterocycles. The summed E-state index contributed by atoms with van der Waals surface area (Å²) < 4.78 is 5.13. The van der Waals surface area contributed by atoms with Crippen molar-refractivity contribution >= 4 is 5.97 Å². The molecule has 0 spiro atoms. The molecule has 0 bridgehead atoms. The molecule has 0 unspecified atom stereocenters. The Bertz CT molecular complexity index is 325. The van der Waals surface area contributed by atoms with E-state index in [1.54, 1.807) is 0 Å². The van der Waals surface area contributed by atoms with Crippen LogP contribution < -0.4 is 5.73 Å². The zero-order valence-electron chi connectivity index (χ0n) is 8.63. The van der Waals surface area contributed by atoms with Gasteiger partial charge in [-0.2, -0.15) is 0 Å². The molecular weight excluding hydrogens is 182 g/mol. The number of carbonyl (C=O) groups excluding carboxylic acids is 1. The molecule has 0 radical (unpaired) electrons. The Balaban J connectivity index is 2.70. The minimum atomic E-state index is -0.495. The number of H-pyrrole nitrogens is 1. The molecule has 78 valence electrons. The predicted molar refractivity (Wildman–Crippen MR) is 51.6 cm³/mol. The standard InChI is InChI=1S/C9H15N3O2/c1-9(2,3)14-8(13)6-5-11-7(4-10)12-6/h5H,4,10H2,1-3H3,(H,11,12). The number of esters is 1. The Labute approximate surface area is 82.7 Å². The maximum absolute atomic E-state index is 11.5. The molecule has 1 heterocycles. The molecule has 5 nitrogen and oxygen atoms in total. The lowest BCUT2D eigenvalue weighted by Gasteiger charge is -2.18. The Morgan fingerprint density at radius 3 is 2.71 bits per heavy atom. The molecule has 0 saturated carbocycles. The van der Waals surface area contributed by atoms with Crippen molar-refractivity contribution in [3.8, 4) is 0 Å². The summed E-state index contributed by atoms with van der Waals surface area (Å²) in [6.45, 7) is 5.71. The molecule has 14 heavy (non-hydrogen) atoms. The van der Waals surface area contributed by atoms with Crippen LogP contribution in [0.5, 0.6) is 0 Å². The second-order valence-corrected chi connectivity index (χ2v) is 3.95. The van der Waals surface area contributed by atoms with Crippen molar-refractivity contribution in [3.63, 3.8) is 0 Å². The first-order chi connectivity index (χ1) is 6.42. The van der Waals surface area contributed by atoms with Crippen LogP contribution in [0.15, 0.2) is 6.20 Å². The van der Waals surface area contributed by atoms with Gasteiger partial charge in [0.1, 0.15) is 17.1 Å².